The first-order valence-electron chi connectivity index (χ1n) is 42.4. The van der Waals surface area contributed by atoms with Crippen LogP contribution in [0.2, 0.25) is 0 Å². The zero-order valence-corrected chi connectivity index (χ0v) is 83.7. The van der Waals surface area contributed by atoms with Crippen LogP contribution in [0.4, 0.5) is 13.6 Å². The van der Waals surface area contributed by atoms with Gasteiger partial charge in [-0.3, -0.25) is 34.0 Å². The third-order valence-corrected chi connectivity index (χ3v) is 29.7. The van der Waals surface area contributed by atoms with Gasteiger partial charge in [0.15, 0.2) is 22.9 Å². The molecule has 6 aliphatic rings. The van der Waals surface area contributed by atoms with E-state index in [4.69, 9.17) is 4.74 Å². The highest BCUT2D eigenvalue weighted by Crippen LogP contribution is 2.31. The molecule has 734 valence electrons. The summed E-state index contributed by atoms with van der Waals surface area (Å²) in [5.74, 6) is -1.88. The monoisotopic (exact) mass is 2100 g/mol. The lowest BCUT2D eigenvalue weighted by Gasteiger charge is -2.25. The highest BCUT2D eigenvalue weighted by atomic mass is 79.9. The zero-order valence-electron chi connectivity index (χ0n) is 75.6. The van der Waals surface area contributed by atoms with Crippen LogP contribution in [-0.4, -0.2) is 287 Å². The minimum absolute atomic E-state index is 0.00653. The summed E-state index contributed by atoms with van der Waals surface area (Å²) in [5.41, 5.74) is 8.29. The van der Waals surface area contributed by atoms with Gasteiger partial charge < -0.3 is 51.3 Å². The molecular formula is C85H120Br2F2N18O20S6. The molecule has 0 bridgehead atoms. The molecule has 38 nitrogen and oxygen atoms in total. The highest BCUT2D eigenvalue weighted by Gasteiger charge is 2.35. The minimum atomic E-state index is -3.66. The van der Waals surface area contributed by atoms with Crippen molar-refractivity contribution in [3.63, 3.8) is 0 Å². The maximum atomic E-state index is 12.9. The van der Waals surface area contributed by atoms with Crippen LogP contribution in [0, 0.1) is 25.5 Å². The highest BCUT2D eigenvalue weighted by molar-refractivity contribution is 9.10. The molecular weight excluding hydrogens is 1980 g/mol. The Morgan fingerprint density at radius 2 is 0.880 bits per heavy atom. The maximum Gasteiger partial charge on any atom is 0.424 e. The fourth-order valence-electron chi connectivity index (χ4n) is 12.5. The van der Waals surface area contributed by atoms with Crippen molar-refractivity contribution in [3.8, 4) is 11.5 Å². The number of ether oxygens (including phenoxy) is 1. The van der Waals surface area contributed by atoms with Gasteiger partial charge in [0.25, 0.3) is 11.8 Å². The van der Waals surface area contributed by atoms with Gasteiger partial charge in [0.1, 0.15) is 32.9 Å². The summed E-state index contributed by atoms with van der Waals surface area (Å²) < 4.78 is 178. The van der Waals surface area contributed by atoms with E-state index in [0.29, 0.717) is 130 Å². The molecule has 48 heteroatoms. The van der Waals surface area contributed by atoms with Crippen LogP contribution in [0.5, 0.6) is 11.5 Å². The Morgan fingerprint density at radius 3 is 1.31 bits per heavy atom. The minimum Gasteiger partial charge on any atom is -0.504 e. The van der Waals surface area contributed by atoms with E-state index < -0.39 is 83.6 Å². The Balaban J connectivity index is 0.000000237. The van der Waals surface area contributed by atoms with Crippen LogP contribution in [0.3, 0.4) is 0 Å². The molecule has 0 radical (unpaired) electrons. The van der Waals surface area contributed by atoms with Gasteiger partial charge in [0.2, 0.25) is 72.0 Å². The fraction of sp³-hybridized carbons (Fsp3) is 0.471. The lowest BCUT2D eigenvalue weighted by Crippen LogP contribution is -2.42. The number of carbonyl (C=O) groups excluding carboxylic acids is 5. The zero-order chi connectivity index (χ0) is 98.3. The number of fused-ring (bicyclic) bond motifs is 2. The van der Waals surface area contributed by atoms with E-state index in [-0.39, 0.29) is 100 Å². The molecule has 0 spiro atoms. The van der Waals surface area contributed by atoms with Gasteiger partial charge in [-0.1, -0.05) is 96.5 Å². The van der Waals surface area contributed by atoms with Crippen molar-refractivity contribution in [1.82, 2.24) is 89.1 Å². The summed E-state index contributed by atoms with van der Waals surface area (Å²) >= 11 is 6.67. The average molecular weight is 2100 g/mol. The molecule has 6 saturated heterocycles. The number of amides is 5. The van der Waals surface area contributed by atoms with Crippen LogP contribution in [0.25, 0.3) is 21.8 Å². The number of aromatic nitrogens is 4. The molecule has 0 unspecified atom stereocenters. The van der Waals surface area contributed by atoms with E-state index in [1.54, 1.807) is 82.4 Å². The Labute approximate surface area is 794 Å². The number of nitrogens with zero attached hydrogens (tertiary/aromatic N) is 8. The molecule has 0 atom stereocenters. The molecule has 5 amide bonds. The molecule has 4 aromatic heterocycles. The number of aromatic hydroxyl groups is 2. The number of alkyl halides is 1. The number of sulfonamides is 6. The van der Waals surface area contributed by atoms with Crippen molar-refractivity contribution in [2.45, 2.75) is 106 Å². The largest absolute Gasteiger partial charge is 0.504 e. The number of rotatable bonds is 11. The second-order valence-electron chi connectivity index (χ2n) is 31.3. The Bertz CT molecular complexity index is 5540. The Kier molecular flexibility index (Phi) is 46.2. The normalized spacial score (nSPS) is 17.7. The summed E-state index contributed by atoms with van der Waals surface area (Å²) in [6.07, 6.45) is 4.38. The smallest absolute Gasteiger partial charge is 0.424 e. The first-order chi connectivity index (χ1) is 62.6. The molecule has 6 fully saturated rings. The SMILES string of the molecule is CC(=O)N1CCNS(=O)(=O)CC1.CC(=O)N1CCNS(=O)(=O)CC1.CCc1cc(CN2CCN(C(=O)OC(C)(C)C)S(=O)(=O)CC2)ccc1C.CCc1ccc(CBr)cc1.Cc1nc(C(=O)NCc2ccc(F)cc2)c(O)c2ncccc12.O=C(NCc1ccc(F)cc1)c1nc(Br)c2cccnc2c1O.O=S1(=O)CCNCCN1.O=S1(=O)CCNCCN1.O=S1(=O)CCNCCN1. The predicted octanol–water partition coefficient (Wildman–Crippen LogP) is 5.03. The molecule has 6 aliphatic heterocycles. The molecule has 0 aliphatic carbocycles. The Hall–Kier alpha value is -9.09. The van der Waals surface area contributed by atoms with Crippen molar-refractivity contribution in [2.24, 2.45) is 0 Å². The van der Waals surface area contributed by atoms with Crippen molar-refractivity contribution in [2.75, 3.05) is 152 Å². The standard InChI is InChI=1S/C19H30N2O4S.C17H14FN3O2.C16H11BrFN3O2.C9H11Br.2C6H12N2O3S.3C4H10N2O2S/c1-6-17-13-16(8-7-15(17)2)14-20-9-10-21(26(23,24)12-11-20)18(22)25-19(3,4)5;1-10-13-3-2-8-19-14(13)16(22)15(21-10)17(23)20-9-11-4-6-12(18)7-5-11;17-15-11-2-1-7-19-12(11)14(22)13(21-15)16(23)20-8-9-3-5-10(18)6-4-9;1-2-8-3-5-9(7-10)6-4-8;2*1-6(9)8-3-2-7-12(10,11)5-4-8;3*7-9(8)4-3-5-1-2-6-9/h7-8,13H,6,9-12,14H2,1-5H3;2-8,22H,9H2,1H3,(H,20,23);1-7,22H,8H2,(H,20,23);3-6H,2,7H2,1H3;2*7H,2-5H2,1H3;3*5-6H,1-4H2. The second-order valence-corrected chi connectivity index (χ2v) is 44.3. The number of aryl methyl sites for hydroxylation is 4. The van der Waals surface area contributed by atoms with Crippen LogP contribution in [-0.2, 0) is 112 Å². The van der Waals surface area contributed by atoms with Crippen molar-refractivity contribution >= 4 is 144 Å². The maximum absolute atomic E-state index is 12.9. The summed E-state index contributed by atoms with van der Waals surface area (Å²) in [6.45, 7) is 25.9. The van der Waals surface area contributed by atoms with E-state index >= 15 is 0 Å². The first kappa shape index (κ1) is 113. The molecule has 8 aromatic rings. The van der Waals surface area contributed by atoms with Crippen LogP contribution in [0.1, 0.15) is 114 Å². The average Bonchev–Trinajstić information content (AvgIpc) is 1.77. The summed E-state index contributed by atoms with van der Waals surface area (Å²) in [7, 11) is -18.7. The number of hydrogen-bond acceptors (Lipinski definition) is 28. The summed E-state index contributed by atoms with van der Waals surface area (Å²) in [4.78, 5) is 80.1. The van der Waals surface area contributed by atoms with E-state index in [0.717, 1.165) is 58.8 Å². The summed E-state index contributed by atoms with van der Waals surface area (Å²) in [6, 6.07) is 33.6. The number of hydrogen-bond donors (Lipinski definition) is 12. The van der Waals surface area contributed by atoms with Gasteiger partial charge in [-0.05, 0) is 151 Å². The fourth-order valence-corrected chi connectivity index (χ4v) is 19.6. The van der Waals surface area contributed by atoms with Crippen molar-refractivity contribution in [1.29, 1.82) is 0 Å². The molecule has 4 aromatic carbocycles. The van der Waals surface area contributed by atoms with Crippen molar-refractivity contribution < 1.29 is 98.2 Å². The molecule has 0 saturated carbocycles. The summed E-state index contributed by atoms with van der Waals surface area (Å²) in [5, 5.41) is 36.9. The van der Waals surface area contributed by atoms with E-state index in [1.807, 2.05) is 0 Å². The van der Waals surface area contributed by atoms with Crippen LogP contribution in [0.15, 0.2) is 132 Å². The van der Waals surface area contributed by atoms with Crippen molar-refractivity contribution in [3.05, 3.63) is 200 Å². The van der Waals surface area contributed by atoms with Gasteiger partial charge >= 0.3 is 6.09 Å². The van der Waals surface area contributed by atoms with E-state index in [9.17, 15) is 93.5 Å². The number of nitrogens with one attached hydrogen (secondary N) is 10. The van der Waals surface area contributed by atoms with Gasteiger partial charge in [0.05, 0.1) is 41.1 Å². The first-order valence-corrected chi connectivity index (χ1v) is 54.2. The molecule has 10 heterocycles. The lowest BCUT2D eigenvalue weighted by molar-refractivity contribution is -0.129. The topological polar surface area (TPSA) is 525 Å². The van der Waals surface area contributed by atoms with Gasteiger partial charge in [-0.25, -0.2) is 102 Å². The number of pyridine rings is 4. The second kappa shape index (κ2) is 54.6. The third kappa shape index (κ3) is 41.2. The number of carbonyl (C=O) groups is 5. The van der Waals surface area contributed by atoms with Gasteiger partial charge in [0, 0.05) is 179 Å². The lowest BCUT2D eigenvalue weighted by atomic mass is 10.0. The van der Waals surface area contributed by atoms with E-state index in [1.165, 1.54) is 76.4 Å². The van der Waals surface area contributed by atoms with E-state index in [2.05, 4.69) is 170 Å². The number of halogens is 4. The van der Waals surface area contributed by atoms with Crippen LogP contribution < -0.4 is 50.2 Å². The quantitative estimate of drug-likeness (QED) is 0.0597. The third-order valence-electron chi connectivity index (χ3n) is 19.9. The molecule has 14 rings (SSSR count). The molecule has 133 heavy (non-hydrogen) atoms. The van der Waals surface area contributed by atoms with Gasteiger partial charge in [-0.2, -0.15) is 0 Å². The number of benzene rings is 4. The Morgan fingerprint density at radius 1 is 0.474 bits per heavy atom. The predicted molar refractivity (Wildman–Crippen MR) is 513 cm³/mol. The van der Waals surface area contributed by atoms with Crippen LogP contribution >= 0.6 is 31.9 Å². The molecule has 12 N–H and O–H groups in total. The van der Waals surface area contributed by atoms with Gasteiger partial charge in [-0.15, -0.1) is 0 Å².